The van der Waals surface area contributed by atoms with E-state index in [1.165, 1.54) is 17.0 Å². The van der Waals surface area contributed by atoms with Crippen molar-refractivity contribution >= 4 is 27.5 Å². The fourth-order valence-electron chi connectivity index (χ4n) is 7.29. The maximum absolute atomic E-state index is 13.1. The Hall–Kier alpha value is -3.09. The molecule has 1 saturated carbocycles. The number of halogens is 3. The molecule has 8 heteroatoms. The number of carbonyl (C=O) groups excluding carboxylic acids is 1. The Morgan fingerprint density at radius 3 is 2.20 bits per heavy atom. The molecule has 1 fully saturated rings. The van der Waals surface area contributed by atoms with Crippen molar-refractivity contribution in [1.29, 1.82) is 0 Å². The van der Waals surface area contributed by atoms with Gasteiger partial charge in [0, 0.05) is 50.1 Å². The van der Waals surface area contributed by atoms with E-state index in [1.807, 2.05) is 58.0 Å². The van der Waals surface area contributed by atoms with Crippen LogP contribution < -0.4 is 0 Å². The van der Waals surface area contributed by atoms with Crippen molar-refractivity contribution in [3.8, 4) is 11.3 Å². The van der Waals surface area contributed by atoms with E-state index in [-0.39, 0.29) is 60.7 Å². The van der Waals surface area contributed by atoms with Gasteiger partial charge in [0.1, 0.15) is 6.33 Å². The number of aromatic nitrogens is 2. The third-order valence-corrected chi connectivity index (χ3v) is 10.2. The first-order valence-electron chi connectivity index (χ1n) is 17.9. The van der Waals surface area contributed by atoms with Crippen molar-refractivity contribution in [3.05, 3.63) is 83.9 Å². The monoisotopic (exact) mass is 866 g/mol. The van der Waals surface area contributed by atoms with Gasteiger partial charge in [0.05, 0.1) is 11.3 Å². The van der Waals surface area contributed by atoms with E-state index in [4.69, 9.17) is 0 Å². The van der Waals surface area contributed by atoms with Crippen LogP contribution in [0.2, 0.25) is 0 Å². The van der Waals surface area contributed by atoms with Gasteiger partial charge in [0.25, 0.3) is 0 Å². The molecular weight excluding hydrogens is 814 g/mol. The standard InChI is InChI=1S/C29H28F3N2.C13H24O2.Ir/c1-28(2,3)25-14-21(13-18-7-4-5-9-23(18)25)27-24-12-11-19(15-26(24)33-17-34-27)22-10-6-8-20(22)16-29(30,31)32;1-5-10(6-2)12(14)9-13(15)11(7-3)8-4;/h4-5,7,9,11-12,14-15,17,20,22H,6,8,10,16H2,1-3H3;9-11,14H,5-8H2,1-4H3;/q-1;;/b;12-9-;. The number of rotatable bonds is 10. The summed E-state index contributed by atoms with van der Waals surface area (Å²) in [7, 11) is 0. The number of carbonyl (C=O) groups is 1. The predicted octanol–water partition coefficient (Wildman–Crippen LogP) is 12.3. The van der Waals surface area contributed by atoms with Crippen LogP contribution >= 0.6 is 0 Å². The predicted molar refractivity (Wildman–Crippen MR) is 195 cm³/mol. The molecule has 1 radical (unpaired) electrons. The number of ketones is 1. The molecule has 0 spiro atoms. The summed E-state index contributed by atoms with van der Waals surface area (Å²) in [6.45, 7) is 14.7. The zero-order valence-electron chi connectivity index (χ0n) is 30.5. The Balaban J connectivity index is 0.000000361. The van der Waals surface area contributed by atoms with Crippen molar-refractivity contribution in [2.75, 3.05) is 0 Å². The molecule has 0 saturated heterocycles. The van der Waals surface area contributed by atoms with Crippen molar-refractivity contribution < 1.29 is 43.2 Å². The van der Waals surface area contributed by atoms with Gasteiger partial charge in [-0.1, -0.05) is 96.2 Å². The van der Waals surface area contributed by atoms with Crippen LogP contribution in [0.4, 0.5) is 13.2 Å². The van der Waals surface area contributed by atoms with E-state index in [9.17, 15) is 23.1 Å². The normalized spacial score (nSPS) is 16.8. The third-order valence-electron chi connectivity index (χ3n) is 10.2. The van der Waals surface area contributed by atoms with Crippen molar-refractivity contribution in [1.82, 2.24) is 9.97 Å². The number of alkyl halides is 3. The van der Waals surface area contributed by atoms with Crippen LogP contribution in [0.15, 0.2) is 66.7 Å². The molecule has 5 rings (SSSR count). The van der Waals surface area contributed by atoms with E-state index in [2.05, 4.69) is 55.0 Å². The first kappa shape index (κ1) is 41.3. The van der Waals surface area contributed by atoms with Gasteiger partial charge in [-0.15, -0.1) is 29.1 Å². The molecule has 0 amide bonds. The molecule has 3 aromatic carbocycles. The van der Waals surface area contributed by atoms with Gasteiger partial charge in [0.2, 0.25) is 0 Å². The smallest absolute Gasteiger partial charge is 0.389 e. The SMILES string of the molecule is CC(C)(C)c1cc(-c2ncnc3cc(C4CCCC4CC(F)(F)F)ccc23)[c-]c2ccccc12.CCC(CC)C(=O)/C=C(\O)C(CC)CC.[Ir]. The average Bonchev–Trinajstić information content (AvgIpc) is 3.51. The van der Waals surface area contributed by atoms with Gasteiger partial charge in [-0.2, -0.15) is 13.2 Å². The summed E-state index contributed by atoms with van der Waals surface area (Å²) in [5.41, 5.74) is 4.57. The van der Waals surface area contributed by atoms with Gasteiger partial charge in [-0.3, -0.25) is 9.78 Å². The number of benzene rings is 3. The van der Waals surface area contributed by atoms with Crippen LogP contribution in [0.3, 0.4) is 0 Å². The maximum Gasteiger partial charge on any atom is 0.389 e. The number of nitrogens with zero attached hydrogens (tertiary/aromatic N) is 2. The first-order chi connectivity index (χ1) is 23.2. The maximum atomic E-state index is 13.1. The van der Waals surface area contributed by atoms with Crippen LogP contribution in [0.5, 0.6) is 0 Å². The summed E-state index contributed by atoms with van der Waals surface area (Å²) in [4.78, 5) is 20.8. The Morgan fingerprint density at radius 1 is 0.920 bits per heavy atom. The number of fused-ring (bicyclic) bond motifs is 2. The summed E-state index contributed by atoms with van der Waals surface area (Å²) in [5, 5.41) is 12.9. The summed E-state index contributed by atoms with van der Waals surface area (Å²) in [5.74, 6) is 0.109. The number of hydrogen-bond donors (Lipinski definition) is 1. The van der Waals surface area contributed by atoms with Gasteiger partial charge in [0.15, 0.2) is 5.78 Å². The van der Waals surface area contributed by atoms with Crippen LogP contribution in [-0.4, -0.2) is 27.0 Å². The van der Waals surface area contributed by atoms with Gasteiger partial charge >= 0.3 is 6.18 Å². The number of hydrogen-bond acceptors (Lipinski definition) is 4. The molecule has 4 nitrogen and oxygen atoms in total. The summed E-state index contributed by atoms with van der Waals surface area (Å²) >= 11 is 0. The minimum Gasteiger partial charge on any atom is -0.512 e. The van der Waals surface area contributed by atoms with Crippen LogP contribution in [0.1, 0.15) is 117 Å². The van der Waals surface area contributed by atoms with E-state index in [0.29, 0.717) is 6.42 Å². The molecule has 0 aliphatic heterocycles. The van der Waals surface area contributed by atoms with E-state index >= 15 is 0 Å². The zero-order valence-corrected chi connectivity index (χ0v) is 32.9. The molecule has 2 unspecified atom stereocenters. The molecule has 0 bridgehead atoms. The van der Waals surface area contributed by atoms with Crippen molar-refractivity contribution in [3.63, 3.8) is 0 Å². The first-order valence-corrected chi connectivity index (χ1v) is 17.9. The molecule has 2 atom stereocenters. The van der Waals surface area contributed by atoms with Crippen LogP contribution in [-0.2, 0) is 30.3 Å². The second-order valence-corrected chi connectivity index (χ2v) is 14.5. The zero-order chi connectivity index (χ0) is 35.9. The molecule has 50 heavy (non-hydrogen) atoms. The fourth-order valence-corrected chi connectivity index (χ4v) is 7.29. The van der Waals surface area contributed by atoms with Gasteiger partial charge in [-0.05, 0) is 72.8 Å². The summed E-state index contributed by atoms with van der Waals surface area (Å²) in [6, 6.07) is 19.9. The topological polar surface area (TPSA) is 63.1 Å². The Bertz CT molecular complexity index is 1750. The Kier molecular flexibility index (Phi) is 14.8. The van der Waals surface area contributed by atoms with Crippen LogP contribution in [0, 0.1) is 23.8 Å². The molecule has 1 heterocycles. The summed E-state index contributed by atoms with van der Waals surface area (Å²) in [6.07, 6.45) is 3.85. The van der Waals surface area contributed by atoms with Gasteiger partial charge in [-0.25, -0.2) is 4.98 Å². The van der Waals surface area contributed by atoms with E-state index < -0.39 is 12.6 Å². The van der Waals surface area contributed by atoms with Crippen molar-refractivity contribution in [2.24, 2.45) is 17.8 Å². The van der Waals surface area contributed by atoms with E-state index in [1.54, 1.807) is 6.33 Å². The molecule has 1 aliphatic rings. The third kappa shape index (κ3) is 10.3. The summed E-state index contributed by atoms with van der Waals surface area (Å²) < 4.78 is 39.3. The second-order valence-electron chi connectivity index (χ2n) is 14.5. The molecule has 273 valence electrons. The Labute approximate surface area is 309 Å². The molecular formula is C42H52F3IrN2O2-. The van der Waals surface area contributed by atoms with Crippen LogP contribution in [0.25, 0.3) is 32.9 Å². The fraction of sp³-hybridized carbons (Fsp3) is 0.500. The largest absolute Gasteiger partial charge is 0.512 e. The van der Waals surface area contributed by atoms with Gasteiger partial charge < -0.3 is 5.11 Å². The molecule has 1 aliphatic carbocycles. The Morgan fingerprint density at radius 2 is 1.58 bits per heavy atom. The minimum atomic E-state index is -4.13. The number of allylic oxidation sites excluding steroid dienone is 2. The average molecular weight is 866 g/mol. The molecule has 1 N–H and O–H groups in total. The quantitative estimate of drug-likeness (QED) is 0.0980. The van der Waals surface area contributed by atoms with Crippen molar-refractivity contribution in [2.45, 2.75) is 117 Å². The van der Waals surface area contributed by atoms with E-state index in [0.717, 1.165) is 71.6 Å². The second kappa shape index (κ2) is 17.9. The number of aliphatic hydroxyl groups is 1. The minimum absolute atomic E-state index is 0. The molecule has 1 aromatic heterocycles. The number of aliphatic hydroxyl groups excluding tert-OH is 1. The molecule has 4 aromatic rings.